The third-order valence-corrected chi connectivity index (χ3v) is 10.5. The molecule has 8 nitrogen and oxygen atoms in total. The van der Waals surface area contributed by atoms with Crippen molar-refractivity contribution < 1.29 is 29.0 Å². The number of ether oxygens (including phenoxy) is 1. The summed E-state index contributed by atoms with van der Waals surface area (Å²) in [6, 6.07) is 23.9. The minimum atomic E-state index is -1.16. The van der Waals surface area contributed by atoms with Crippen LogP contribution in [-0.4, -0.2) is 41.9 Å². The van der Waals surface area contributed by atoms with E-state index in [1.165, 1.54) is 9.80 Å². The number of hydrogen-bond acceptors (Lipinski definition) is 6. The molecule has 45 heavy (non-hydrogen) atoms. The van der Waals surface area contributed by atoms with E-state index < -0.39 is 35.0 Å². The van der Waals surface area contributed by atoms with E-state index in [0.29, 0.717) is 23.5 Å². The number of aliphatic hydroxyl groups is 1. The first-order chi connectivity index (χ1) is 21.8. The van der Waals surface area contributed by atoms with Gasteiger partial charge in [0, 0.05) is 11.5 Å². The van der Waals surface area contributed by atoms with Gasteiger partial charge < -0.3 is 9.84 Å². The number of benzene rings is 3. The molecule has 0 bridgehead atoms. The SMILES string of the molecule is CCc1ccc(N2C(=O)C3CC=C4C(CC5C(=O)N(c6ccccc6)C(=O)C5(C)C4c4ccccc4OCCO)C3C2=O)cc1. The molecule has 2 aliphatic carbocycles. The van der Waals surface area contributed by atoms with E-state index in [1.807, 2.05) is 61.5 Å². The van der Waals surface area contributed by atoms with Crippen LogP contribution in [0.2, 0.25) is 0 Å². The Kier molecular flexibility index (Phi) is 7.20. The summed E-state index contributed by atoms with van der Waals surface area (Å²) in [7, 11) is 0. The van der Waals surface area contributed by atoms with Gasteiger partial charge in [0.25, 0.3) is 0 Å². The fourth-order valence-corrected chi connectivity index (χ4v) is 8.32. The van der Waals surface area contributed by atoms with E-state index in [-0.39, 0.29) is 43.3 Å². The summed E-state index contributed by atoms with van der Waals surface area (Å²) in [4.78, 5) is 59.6. The number of anilines is 2. The highest BCUT2D eigenvalue weighted by Crippen LogP contribution is 2.64. The van der Waals surface area contributed by atoms with Crippen molar-refractivity contribution in [3.05, 3.63) is 102 Å². The maximum atomic E-state index is 14.6. The van der Waals surface area contributed by atoms with Crippen LogP contribution in [0.5, 0.6) is 5.75 Å². The molecule has 3 aromatic rings. The number of imide groups is 2. The lowest BCUT2D eigenvalue weighted by molar-refractivity contribution is -0.131. The summed E-state index contributed by atoms with van der Waals surface area (Å²) in [6.45, 7) is 3.80. The third kappa shape index (κ3) is 4.30. The van der Waals surface area contributed by atoms with Crippen LogP contribution in [0.3, 0.4) is 0 Å². The highest BCUT2D eigenvalue weighted by molar-refractivity contribution is 6.25. The third-order valence-electron chi connectivity index (χ3n) is 10.5. The van der Waals surface area contributed by atoms with E-state index in [4.69, 9.17) is 4.74 Å². The van der Waals surface area contributed by atoms with Crippen LogP contribution in [0.1, 0.15) is 43.7 Å². The average molecular weight is 605 g/mol. The van der Waals surface area contributed by atoms with Gasteiger partial charge in [-0.1, -0.05) is 67.1 Å². The van der Waals surface area contributed by atoms with Crippen molar-refractivity contribution in [3.63, 3.8) is 0 Å². The number of carbonyl (C=O) groups is 4. The lowest BCUT2D eigenvalue weighted by Gasteiger charge is -2.49. The zero-order valence-corrected chi connectivity index (χ0v) is 25.4. The van der Waals surface area contributed by atoms with Gasteiger partial charge in [0.05, 0.1) is 41.2 Å². The highest BCUT2D eigenvalue weighted by atomic mass is 16.5. The minimum absolute atomic E-state index is 0.0683. The maximum Gasteiger partial charge on any atom is 0.241 e. The lowest BCUT2D eigenvalue weighted by Crippen LogP contribution is -2.49. The van der Waals surface area contributed by atoms with Crippen molar-refractivity contribution >= 4 is 35.0 Å². The van der Waals surface area contributed by atoms with Crippen LogP contribution < -0.4 is 14.5 Å². The van der Waals surface area contributed by atoms with Crippen molar-refractivity contribution in [2.75, 3.05) is 23.0 Å². The summed E-state index contributed by atoms with van der Waals surface area (Å²) in [5.74, 6) is -3.45. The van der Waals surface area contributed by atoms with Gasteiger partial charge in [0.2, 0.25) is 23.6 Å². The Morgan fingerprint density at radius 3 is 2.22 bits per heavy atom. The van der Waals surface area contributed by atoms with Crippen molar-refractivity contribution in [1.82, 2.24) is 0 Å². The number of allylic oxidation sites excluding steroid dienone is 2. The number of rotatable bonds is 7. The molecule has 4 amide bonds. The van der Waals surface area contributed by atoms with E-state index in [0.717, 1.165) is 23.1 Å². The van der Waals surface area contributed by atoms with Gasteiger partial charge in [-0.15, -0.1) is 0 Å². The quantitative estimate of drug-likeness (QED) is 0.299. The fourth-order valence-electron chi connectivity index (χ4n) is 8.32. The monoisotopic (exact) mass is 604 g/mol. The standard InChI is InChI=1S/C37H36N2O6/c1-3-22-13-15-24(16-14-22)38-33(41)27-18-17-25-28(31(27)35(38)43)21-29-34(42)39(23-9-5-4-6-10-23)36(44)37(29,2)32(25)26-11-7-8-12-30(26)45-20-19-40/h4-17,27-29,31-32,40H,3,18-21H2,1-2H3. The number of hydrogen-bond donors (Lipinski definition) is 1. The zero-order valence-electron chi connectivity index (χ0n) is 25.4. The Morgan fingerprint density at radius 2 is 1.51 bits per heavy atom. The first kappa shape index (κ1) is 29.2. The molecule has 2 saturated heterocycles. The highest BCUT2D eigenvalue weighted by Gasteiger charge is 2.68. The first-order valence-corrected chi connectivity index (χ1v) is 15.7. The number of para-hydroxylation sites is 2. The second kappa shape index (κ2) is 11.1. The van der Waals surface area contributed by atoms with Crippen LogP contribution in [0.25, 0.3) is 0 Å². The smallest absolute Gasteiger partial charge is 0.241 e. The van der Waals surface area contributed by atoms with Crippen LogP contribution in [0.4, 0.5) is 11.4 Å². The summed E-state index contributed by atoms with van der Waals surface area (Å²) in [6.07, 6.45) is 3.54. The second-order valence-corrected chi connectivity index (χ2v) is 12.6. The van der Waals surface area contributed by atoms with Crippen LogP contribution >= 0.6 is 0 Å². The molecule has 0 radical (unpaired) electrons. The molecule has 8 heteroatoms. The molecule has 7 rings (SSSR count). The van der Waals surface area contributed by atoms with Gasteiger partial charge in [-0.3, -0.25) is 24.1 Å². The van der Waals surface area contributed by atoms with Crippen molar-refractivity contribution in [2.45, 2.75) is 39.0 Å². The number of nitrogens with zero attached hydrogens (tertiary/aromatic N) is 2. The van der Waals surface area contributed by atoms with Gasteiger partial charge in [-0.2, -0.15) is 0 Å². The molecule has 1 saturated carbocycles. The predicted octanol–water partition coefficient (Wildman–Crippen LogP) is 5.06. The largest absolute Gasteiger partial charge is 0.491 e. The van der Waals surface area contributed by atoms with E-state index in [2.05, 4.69) is 6.92 Å². The number of aliphatic hydroxyl groups excluding tert-OH is 1. The van der Waals surface area contributed by atoms with Crippen LogP contribution in [0.15, 0.2) is 90.5 Å². The Labute approximate surface area is 262 Å². The Balaban J connectivity index is 1.36. The molecule has 3 fully saturated rings. The molecule has 6 atom stereocenters. The average Bonchev–Trinajstić information content (AvgIpc) is 3.43. The van der Waals surface area contributed by atoms with Gasteiger partial charge >= 0.3 is 0 Å². The number of aryl methyl sites for hydroxylation is 1. The Bertz CT molecular complexity index is 1720. The molecule has 0 spiro atoms. The zero-order chi connectivity index (χ0) is 31.5. The fraction of sp³-hybridized carbons (Fsp3) is 0.351. The lowest BCUT2D eigenvalue weighted by atomic mass is 9.51. The van der Waals surface area contributed by atoms with Crippen LogP contribution in [-0.2, 0) is 25.6 Å². The molecule has 4 aliphatic rings. The first-order valence-electron chi connectivity index (χ1n) is 15.7. The summed E-state index contributed by atoms with van der Waals surface area (Å²) >= 11 is 0. The summed E-state index contributed by atoms with van der Waals surface area (Å²) < 4.78 is 5.99. The van der Waals surface area contributed by atoms with E-state index >= 15 is 0 Å². The molecule has 6 unspecified atom stereocenters. The number of fused-ring (bicyclic) bond motifs is 4. The molecule has 2 aliphatic heterocycles. The second-order valence-electron chi connectivity index (χ2n) is 12.6. The topological polar surface area (TPSA) is 104 Å². The molecule has 1 N–H and O–H groups in total. The molecule has 230 valence electrons. The van der Waals surface area contributed by atoms with Gasteiger partial charge in [-0.25, -0.2) is 4.90 Å². The summed E-state index contributed by atoms with van der Waals surface area (Å²) in [5, 5.41) is 9.54. The van der Waals surface area contributed by atoms with Crippen molar-refractivity contribution in [2.24, 2.45) is 29.1 Å². The van der Waals surface area contributed by atoms with Gasteiger partial charge in [0.1, 0.15) is 12.4 Å². The van der Waals surface area contributed by atoms with Crippen molar-refractivity contribution in [1.29, 1.82) is 0 Å². The molecule has 0 aromatic heterocycles. The molecular weight excluding hydrogens is 568 g/mol. The normalized spacial score (nSPS) is 29.0. The number of carbonyl (C=O) groups excluding carboxylic acids is 4. The molecular formula is C37H36N2O6. The Hall–Kier alpha value is -4.56. The summed E-state index contributed by atoms with van der Waals surface area (Å²) in [5.41, 5.74) is 2.64. The number of amides is 4. The molecule has 3 aromatic carbocycles. The Morgan fingerprint density at radius 1 is 0.822 bits per heavy atom. The van der Waals surface area contributed by atoms with Gasteiger partial charge in [-0.05, 0) is 68.0 Å². The van der Waals surface area contributed by atoms with E-state index in [1.54, 1.807) is 30.3 Å². The molecule has 2 heterocycles. The maximum absolute atomic E-state index is 14.6. The van der Waals surface area contributed by atoms with Crippen molar-refractivity contribution in [3.8, 4) is 5.75 Å². The van der Waals surface area contributed by atoms with Gasteiger partial charge in [0.15, 0.2) is 0 Å². The van der Waals surface area contributed by atoms with E-state index in [9.17, 15) is 24.3 Å². The predicted molar refractivity (Wildman–Crippen MR) is 168 cm³/mol. The minimum Gasteiger partial charge on any atom is -0.491 e. The van der Waals surface area contributed by atoms with Crippen LogP contribution in [0, 0.1) is 29.1 Å².